The maximum atomic E-state index is 12.4. The maximum absolute atomic E-state index is 12.4. The van der Waals surface area contributed by atoms with Crippen LogP contribution in [0.25, 0.3) is 0 Å². The first-order valence-electron chi connectivity index (χ1n) is 7.16. The number of nitriles is 1. The summed E-state index contributed by atoms with van der Waals surface area (Å²) in [5.41, 5.74) is 2.57. The molecule has 2 amide bonds. The summed E-state index contributed by atoms with van der Waals surface area (Å²) in [7, 11) is 0. The monoisotopic (exact) mass is 290 g/mol. The number of unbranched alkanes of at least 4 members (excludes halogenated alkanes) is 1. The van der Waals surface area contributed by atoms with E-state index in [2.05, 4.69) is 6.07 Å². The summed E-state index contributed by atoms with van der Waals surface area (Å²) in [6.07, 6.45) is 2.15. The summed E-state index contributed by atoms with van der Waals surface area (Å²) in [5.74, 6) is -0.560. The number of nitrogens with zero attached hydrogens (tertiary/aromatic N) is 2. The second-order valence-corrected chi connectivity index (χ2v) is 5.17. The van der Waals surface area contributed by atoms with Crippen LogP contribution < -0.4 is 4.90 Å². The van der Waals surface area contributed by atoms with E-state index in [0.717, 1.165) is 18.4 Å². The fourth-order valence-corrected chi connectivity index (χ4v) is 2.61. The minimum atomic E-state index is -0.280. The number of amides is 2. The Hall–Kier alpha value is -2.93. The van der Waals surface area contributed by atoms with Gasteiger partial charge in [-0.3, -0.25) is 9.59 Å². The first-order valence-corrected chi connectivity index (χ1v) is 7.16. The van der Waals surface area contributed by atoms with Crippen LogP contribution >= 0.6 is 0 Å². The van der Waals surface area contributed by atoms with E-state index in [1.54, 1.807) is 36.4 Å². The van der Waals surface area contributed by atoms with E-state index in [1.165, 1.54) is 4.90 Å². The summed E-state index contributed by atoms with van der Waals surface area (Å²) in [4.78, 5) is 26.0. The molecule has 0 unspecified atom stereocenters. The quantitative estimate of drug-likeness (QED) is 0.641. The van der Waals surface area contributed by atoms with Gasteiger partial charge in [0, 0.05) is 6.42 Å². The van der Waals surface area contributed by atoms with E-state index in [1.807, 2.05) is 12.1 Å². The average molecular weight is 290 g/mol. The molecule has 2 aromatic carbocycles. The molecule has 3 rings (SSSR count). The minimum Gasteiger partial charge on any atom is -0.268 e. The topological polar surface area (TPSA) is 61.2 Å². The minimum absolute atomic E-state index is 0.280. The molecular formula is C18H14N2O2. The zero-order chi connectivity index (χ0) is 15.5. The normalized spacial score (nSPS) is 13.1. The Labute approximate surface area is 128 Å². The molecule has 0 spiro atoms. The molecule has 4 nitrogen and oxygen atoms in total. The lowest BCUT2D eigenvalue weighted by Crippen LogP contribution is -2.29. The summed E-state index contributed by atoms with van der Waals surface area (Å²) in [6, 6.07) is 16.3. The summed E-state index contributed by atoms with van der Waals surface area (Å²) in [6.45, 7) is 0. The van der Waals surface area contributed by atoms with Crippen molar-refractivity contribution in [2.45, 2.75) is 19.3 Å². The number of hydrogen-bond acceptors (Lipinski definition) is 3. The third-order valence-electron chi connectivity index (χ3n) is 3.74. The Balaban J connectivity index is 1.83. The molecule has 1 aliphatic rings. The number of carbonyl (C=O) groups excluding carboxylic acids is 2. The standard InChI is InChI=1S/C18H14N2O2/c19-12-4-3-5-13-8-10-14(11-9-13)20-17(21)15-6-1-2-7-16(15)18(20)22/h1-2,6-11H,3-5H2. The highest BCUT2D eigenvalue weighted by Gasteiger charge is 2.36. The van der Waals surface area contributed by atoms with Gasteiger partial charge in [-0.2, -0.15) is 5.26 Å². The molecule has 22 heavy (non-hydrogen) atoms. The van der Waals surface area contributed by atoms with Crippen molar-refractivity contribution in [3.05, 3.63) is 65.2 Å². The molecule has 108 valence electrons. The molecule has 0 atom stereocenters. The molecule has 1 aliphatic heterocycles. The molecular weight excluding hydrogens is 276 g/mol. The van der Waals surface area contributed by atoms with Crippen LogP contribution in [-0.2, 0) is 6.42 Å². The molecule has 0 aliphatic carbocycles. The third-order valence-corrected chi connectivity index (χ3v) is 3.74. The van der Waals surface area contributed by atoms with Gasteiger partial charge in [0.15, 0.2) is 0 Å². The van der Waals surface area contributed by atoms with Crippen molar-refractivity contribution < 1.29 is 9.59 Å². The third kappa shape index (κ3) is 2.38. The van der Waals surface area contributed by atoms with Gasteiger partial charge in [0.2, 0.25) is 0 Å². The lowest BCUT2D eigenvalue weighted by molar-refractivity contribution is 0.0926. The van der Waals surface area contributed by atoms with Crippen molar-refractivity contribution in [3.8, 4) is 6.07 Å². The Morgan fingerprint density at radius 2 is 1.50 bits per heavy atom. The predicted octanol–water partition coefficient (Wildman–Crippen LogP) is 3.33. The van der Waals surface area contributed by atoms with Crippen molar-refractivity contribution in [3.63, 3.8) is 0 Å². The molecule has 0 radical (unpaired) electrons. The summed E-state index contributed by atoms with van der Waals surface area (Å²) in [5, 5.41) is 8.54. The van der Waals surface area contributed by atoms with E-state index >= 15 is 0 Å². The fraction of sp³-hybridized carbons (Fsp3) is 0.167. The molecule has 1 heterocycles. The number of benzene rings is 2. The number of anilines is 1. The second-order valence-electron chi connectivity index (χ2n) is 5.17. The highest BCUT2D eigenvalue weighted by atomic mass is 16.2. The van der Waals surface area contributed by atoms with Crippen molar-refractivity contribution in [2.24, 2.45) is 0 Å². The van der Waals surface area contributed by atoms with Crippen molar-refractivity contribution >= 4 is 17.5 Å². The van der Waals surface area contributed by atoms with Crippen LogP contribution in [0, 0.1) is 11.3 Å². The largest absolute Gasteiger partial charge is 0.268 e. The van der Waals surface area contributed by atoms with E-state index in [-0.39, 0.29) is 11.8 Å². The molecule has 0 aromatic heterocycles. The highest BCUT2D eigenvalue weighted by Crippen LogP contribution is 2.28. The van der Waals surface area contributed by atoms with E-state index in [0.29, 0.717) is 23.2 Å². The van der Waals surface area contributed by atoms with Crippen LogP contribution in [0.2, 0.25) is 0 Å². The molecule has 2 aromatic rings. The Morgan fingerprint density at radius 3 is 2.05 bits per heavy atom. The SMILES string of the molecule is N#CCCCc1ccc(N2C(=O)c3ccccc3C2=O)cc1. The van der Waals surface area contributed by atoms with Gasteiger partial charge >= 0.3 is 0 Å². The number of fused-ring (bicyclic) bond motifs is 1. The van der Waals surface area contributed by atoms with Gasteiger partial charge in [-0.05, 0) is 42.7 Å². The molecule has 0 saturated heterocycles. The zero-order valence-electron chi connectivity index (χ0n) is 12.0. The first kappa shape index (κ1) is 14.0. The van der Waals surface area contributed by atoms with Gasteiger partial charge in [0.1, 0.15) is 0 Å². The molecule has 4 heteroatoms. The number of hydrogen-bond donors (Lipinski definition) is 0. The van der Waals surface area contributed by atoms with Gasteiger partial charge < -0.3 is 0 Å². The smallest absolute Gasteiger partial charge is 0.266 e. The van der Waals surface area contributed by atoms with Gasteiger partial charge in [-0.1, -0.05) is 24.3 Å². The van der Waals surface area contributed by atoms with Crippen LogP contribution in [0.5, 0.6) is 0 Å². The van der Waals surface area contributed by atoms with Gasteiger partial charge in [-0.15, -0.1) is 0 Å². The van der Waals surface area contributed by atoms with Crippen LogP contribution in [0.3, 0.4) is 0 Å². The molecule has 0 fully saturated rings. The molecule has 0 saturated carbocycles. The molecule has 0 bridgehead atoms. The number of rotatable bonds is 4. The molecule has 0 N–H and O–H groups in total. The van der Waals surface area contributed by atoms with Crippen molar-refractivity contribution in [2.75, 3.05) is 4.90 Å². The Bertz CT molecular complexity index is 737. The lowest BCUT2D eigenvalue weighted by atomic mass is 10.1. The summed E-state index contributed by atoms with van der Waals surface area (Å²) >= 11 is 0. The second kappa shape index (κ2) is 5.82. The Morgan fingerprint density at radius 1 is 0.909 bits per heavy atom. The zero-order valence-corrected chi connectivity index (χ0v) is 12.0. The van der Waals surface area contributed by atoms with E-state index in [4.69, 9.17) is 5.26 Å². The van der Waals surface area contributed by atoms with Gasteiger partial charge in [0.25, 0.3) is 11.8 Å². The van der Waals surface area contributed by atoms with Crippen LogP contribution in [0.15, 0.2) is 48.5 Å². The fourth-order valence-electron chi connectivity index (χ4n) is 2.61. The van der Waals surface area contributed by atoms with Crippen LogP contribution in [-0.4, -0.2) is 11.8 Å². The predicted molar refractivity (Wildman–Crippen MR) is 82.6 cm³/mol. The van der Waals surface area contributed by atoms with Gasteiger partial charge in [-0.25, -0.2) is 4.90 Å². The number of imide groups is 1. The van der Waals surface area contributed by atoms with Gasteiger partial charge in [0.05, 0.1) is 22.9 Å². The lowest BCUT2D eigenvalue weighted by Gasteiger charge is -2.14. The highest BCUT2D eigenvalue weighted by molar-refractivity contribution is 6.34. The van der Waals surface area contributed by atoms with Crippen molar-refractivity contribution in [1.29, 1.82) is 5.26 Å². The average Bonchev–Trinajstić information content (AvgIpc) is 2.81. The van der Waals surface area contributed by atoms with E-state index in [9.17, 15) is 9.59 Å². The van der Waals surface area contributed by atoms with Crippen LogP contribution in [0.4, 0.5) is 5.69 Å². The number of carbonyl (C=O) groups is 2. The van der Waals surface area contributed by atoms with E-state index < -0.39 is 0 Å². The number of aryl methyl sites for hydroxylation is 1. The van der Waals surface area contributed by atoms with Crippen LogP contribution in [0.1, 0.15) is 39.1 Å². The Kier molecular flexibility index (Phi) is 3.71. The first-order chi connectivity index (χ1) is 10.7. The maximum Gasteiger partial charge on any atom is 0.266 e. The summed E-state index contributed by atoms with van der Waals surface area (Å²) < 4.78 is 0. The van der Waals surface area contributed by atoms with Crippen molar-refractivity contribution in [1.82, 2.24) is 0 Å².